The Hall–Kier alpha value is -2.30. The van der Waals surface area contributed by atoms with Crippen LogP contribution in [0.4, 0.5) is 11.4 Å². The van der Waals surface area contributed by atoms with Crippen LogP contribution in [0.2, 0.25) is 0 Å². The van der Waals surface area contributed by atoms with Crippen molar-refractivity contribution in [2.75, 3.05) is 10.6 Å². The quantitative estimate of drug-likeness (QED) is 0.886. The highest BCUT2D eigenvalue weighted by Gasteiger charge is 2.08. The van der Waals surface area contributed by atoms with Crippen molar-refractivity contribution in [1.82, 2.24) is 5.16 Å². The molecule has 0 atom stereocenters. The number of aromatic nitrogens is 1. The molecule has 0 saturated carbocycles. The second-order valence-corrected chi connectivity index (χ2v) is 4.42. The molecule has 0 spiro atoms. The summed E-state index contributed by atoms with van der Waals surface area (Å²) in [6.45, 7) is 5.95. The molecule has 5 heteroatoms. The highest BCUT2D eigenvalue weighted by molar-refractivity contribution is 5.89. The van der Waals surface area contributed by atoms with Gasteiger partial charge in [-0.1, -0.05) is 11.2 Å². The lowest BCUT2D eigenvalue weighted by atomic mass is 10.2. The molecule has 0 fully saturated rings. The van der Waals surface area contributed by atoms with E-state index in [-0.39, 0.29) is 5.91 Å². The molecule has 1 aromatic carbocycles. The number of benzene rings is 1. The first kappa shape index (κ1) is 13.1. The van der Waals surface area contributed by atoms with Gasteiger partial charge < -0.3 is 15.2 Å². The molecular formula is C14H17N3O2. The largest absolute Gasteiger partial charge is 0.381 e. The van der Waals surface area contributed by atoms with Gasteiger partial charge in [-0.05, 0) is 32.0 Å². The van der Waals surface area contributed by atoms with E-state index in [0.29, 0.717) is 6.54 Å². The van der Waals surface area contributed by atoms with Gasteiger partial charge in [0, 0.05) is 30.4 Å². The zero-order chi connectivity index (χ0) is 13.8. The van der Waals surface area contributed by atoms with E-state index in [2.05, 4.69) is 15.8 Å². The number of anilines is 2. The lowest BCUT2D eigenvalue weighted by Crippen LogP contribution is -2.06. The molecule has 0 aliphatic rings. The van der Waals surface area contributed by atoms with Crippen LogP contribution in [-0.2, 0) is 11.3 Å². The Morgan fingerprint density at radius 2 is 2.05 bits per heavy atom. The van der Waals surface area contributed by atoms with Crippen LogP contribution in [0.15, 0.2) is 28.8 Å². The van der Waals surface area contributed by atoms with E-state index in [4.69, 9.17) is 4.52 Å². The Bertz CT molecular complexity index is 571. The lowest BCUT2D eigenvalue weighted by Gasteiger charge is -2.08. The maximum atomic E-state index is 11.0. The molecule has 0 saturated heterocycles. The second kappa shape index (κ2) is 5.56. The van der Waals surface area contributed by atoms with E-state index in [1.54, 1.807) is 0 Å². The third-order valence-electron chi connectivity index (χ3n) is 2.83. The van der Waals surface area contributed by atoms with Crippen LogP contribution in [0, 0.1) is 13.8 Å². The minimum absolute atomic E-state index is 0.0807. The number of hydrogen-bond donors (Lipinski definition) is 2. The van der Waals surface area contributed by atoms with Gasteiger partial charge in [-0.15, -0.1) is 0 Å². The molecule has 0 radical (unpaired) electrons. The van der Waals surface area contributed by atoms with Crippen LogP contribution in [0.3, 0.4) is 0 Å². The molecule has 100 valence electrons. The fraction of sp³-hybridized carbons (Fsp3) is 0.286. The minimum Gasteiger partial charge on any atom is -0.381 e. The van der Waals surface area contributed by atoms with Gasteiger partial charge >= 0.3 is 0 Å². The van der Waals surface area contributed by atoms with Crippen molar-refractivity contribution >= 4 is 17.3 Å². The summed E-state index contributed by atoms with van der Waals surface area (Å²) in [7, 11) is 0. The number of amides is 1. The predicted octanol–water partition coefficient (Wildman–Crippen LogP) is 2.86. The van der Waals surface area contributed by atoms with Gasteiger partial charge in [-0.2, -0.15) is 0 Å². The zero-order valence-corrected chi connectivity index (χ0v) is 11.3. The van der Waals surface area contributed by atoms with Gasteiger partial charge in [-0.3, -0.25) is 4.79 Å². The standard InChI is InChI=1S/C14H17N3O2/c1-9-14(10(2)19-17-9)8-15-12-5-4-6-13(7-12)16-11(3)18/h4-7,15H,8H2,1-3H3,(H,16,18). The van der Waals surface area contributed by atoms with E-state index in [1.807, 2.05) is 38.1 Å². The van der Waals surface area contributed by atoms with Crippen molar-refractivity contribution in [3.05, 3.63) is 41.3 Å². The summed E-state index contributed by atoms with van der Waals surface area (Å²) < 4.78 is 5.11. The van der Waals surface area contributed by atoms with E-state index in [0.717, 1.165) is 28.4 Å². The van der Waals surface area contributed by atoms with E-state index < -0.39 is 0 Å². The number of rotatable bonds is 4. The number of nitrogens with one attached hydrogen (secondary N) is 2. The smallest absolute Gasteiger partial charge is 0.221 e. The average Bonchev–Trinajstić information content (AvgIpc) is 2.66. The Kier molecular flexibility index (Phi) is 3.85. The molecule has 0 aliphatic heterocycles. The molecule has 0 bridgehead atoms. The molecule has 1 amide bonds. The molecule has 0 aliphatic carbocycles. The highest BCUT2D eigenvalue weighted by Crippen LogP contribution is 2.18. The van der Waals surface area contributed by atoms with Crippen molar-refractivity contribution in [2.45, 2.75) is 27.3 Å². The van der Waals surface area contributed by atoms with E-state index >= 15 is 0 Å². The normalized spacial score (nSPS) is 10.3. The molecule has 5 nitrogen and oxygen atoms in total. The molecule has 1 heterocycles. The Labute approximate surface area is 112 Å². The van der Waals surface area contributed by atoms with Crippen LogP contribution in [0.1, 0.15) is 23.9 Å². The molecule has 19 heavy (non-hydrogen) atoms. The summed E-state index contributed by atoms with van der Waals surface area (Å²) in [5.41, 5.74) is 3.66. The number of carbonyl (C=O) groups excluding carboxylic acids is 1. The van der Waals surface area contributed by atoms with Gasteiger partial charge in [0.1, 0.15) is 5.76 Å². The molecule has 2 aromatic rings. The van der Waals surface area contributed by atoms with Crippen LogP contribution in [0.25, 0.3) is 0 Å². The second-order valence-electron chi connectivity index (χ2n) is 4.42. The summed E-state index contributed by atoms with van der Waals surface area (Å²) in [5, 5.41) is 9.96. The van der Waals surface area contributed by atoms with Crippen molar-refractivity contribution in [3.8, 4) is 0 Å². The molecule has 0 unspecified atom stereocenters. The topological polar surface area (TPSA) is 67.2 Å². The van der Waals surface area contributed by atoms with Gasteiger partial charge in [0.25, 0.3) is 0 Å². The maximum Gasteiger partial charge on any atom is 0.221 e. The summed E-state index contributed by atoms with van der Waals surface area (Å²) in [6, 6.07) is 7.58. The molecular weight excluding hydrogens is 242 g/mol. The number of nitrogens with zero attached hydrogens (tertiary/aromatic N) is 1. The number of aryl methyl sites for hydroxylation is 2. The average molecular weight is 259 g/mol. The van der Waals surface area contributed by atoms with Gasteiger partial charge in [-0.25, -0.2) is 0 Å². The Morgan fingerprint density at radius 3 is 2.68 bits per heavy atom. The summed E-state index contributed by atoms with van der Waals surface area (Å²) in [6.07, 6.45) is 0. The third kappa shape index (κ3) is 3.34. The number of carbonyl (C=O) groups is 1. The molecule has 2 N–H and O–H groups in total. The Morgan fingerprint density at radius 1 is 1.32 bits per heavy atom. The lowest BCUT2D eigenvalue weighted by molar-refractivity contribution is -0.114. The van der Waals surface area contributed by atoms with Crippen LogP contribution >= 0.6 is 0 Å². The first-order valence-corrected chi connectivity index (χ1v) is 6.09. The van der Waals surface area contributed by atoms with E-state index in [1.165, 1.54) is 6.92 Å². The van der Waals surface area contributed by atoms with Gasteiger partial charge in [0.2, 0.25) is 5.91 Å². The van der Waals surface area contributed by atoms with Crippen molar-refractivity contribution in [1.29, 1.82) is 0 Å². The van der Waals surface area contributed by atoms with Gasteiger partial charge in [0.05, 0.1) is 5.69 Å². The fourth-order valence-electron chi connectivity index (χ4n) is 1.85. The van der Waals surface area contributed by atoms with Crippen molar-refractivity contribution < 1.29 is 9.32 Å². The van der Waals surface area contributed by atoms with Crippen LogP contribution in [-0.4, -0.2) is 11.1 Å². The monoisotopic (exact) mass is 259 g/mol. The summed E-state index contributed by atoms with van der Waals surface area (Å²) in [4.78, 5) is 11.0. The predicted molar refractivity (Wildman–Crippen MR) is 74.0 cm³/mol. The third-order valence-corrected chi connectivity index (χ3v) is 2.83. The molecule has 1 aromatic heterocycles. The highest BCUT2D eigenvalue weighted by atomic mass is 16.5. The summed E-state index contributed by atoms with van der Waals surface area (Å²) in [5.74, 6) is 0.742. The van der Waals surface area contributed by atoms with E-state index in [9.17, 15) is 4.79 Å². The summed E-state index contributed by atoms with van der Waals surface area (Å²) >= 11 is 0. The van der Waals surface area contributed by atoms with Crippen molar-refractivity contribution in [3.63, 3.8) is 0 Å². The minimum atomic E-state index is -0.0807. The maximum absolute atomic E-state index is 11.0. The molecule has 2 rings (SSSR count). The van der Waals surface area contributed by atoms with Crippen LogP contribution in [0.5, 0.6) is 0 Å². The fourth-order valence-corrected chi connectivity index (χ4v) is 1.85. The Balaban J connectivity index is 2.05. The first-order valence-electron chi connectivity index (χ1n) is 6.09. The van der Waals surface area contributed by atoms with Crippen LogP contribution < -0.4 is 10.6 Å². The number of hydrogen-bond acceptors (Lipinski definition) is 4. The van der Waals surface area contributed by atoms with Gasteiger partial charge in [0.15, 0.2) is 0 Å². The first-order chi connectivity index (χ1) is 9.06. The zero-order valence-electron chi connectivity index (χ0n) is 11.3. The van der Waals surface area contributed by atoms with Crippen molar-refractivity contribution in [2.24, 2.45) is 0 Å². The SMILES string of the molecule is CC(=O)Nc1cccc(NCc2c(C)noc2C)c1.